The molecule has 0 radical (unpaired) electrons. The molecule has 1 aliphatic heterocycles. The van der Waals surface area contributed by atoms with Crippen molar-refractivity contribution in [3.8, 4) is 0 Å². The Labute approximate surface area is 147 Å². The normalized spacial score (nSPS) is 20.7. The lowest BCUT2D eigenvalue weighted by atomic mass is 10.2. The van der Waals surface area contributed by atoms with Gasteiger partial charge in [0.25, 0.3) is 0 Å². The molecule has 0 unspecified atom stereocenters. The summed E-state index contributed by atoms with van der Waals surface area (Å²) in [5, 5.41) is -0.0750. The van der Waals surface area contributed by atoms with Gasteiger partial charge in [0.05, 0.1) is 32.4 Å². The maximum atomic E-state index is 13.9. The number of fused-ring (bicyclic) bond motifs is 1. The molecule has 1 heterocycles. The van der Waals surface area contributed by atoms with Crippen LogP contribution in [0.15, 0.2) is 47.4 Å². The van der Waals surface area contributed by atoms with Gasteiger partial charge in [0, 0.05) is 17.1 Å². The van der Waals surface area contributed by atoms with Crippen LogP contribution in [0.4, 0.5) is 10.1 Å². The summed E-state index contributed by atoms with van der Waals surface area (Å²) in [6, 6.07) is 10.5. The minimum Gasteiger partial charge on any atom is -0.268 e. The maximum Gasteiger partial charge on any atom is 0.239 e. The smallest absolute Gasteiger partial charge is 0.239 e. The Morgan fingerprint density at radius 2 is 2.00 bits per heavy atom. The minimum absolute atomic E-state index is 0.0133. The van der Waals surface area contributed by atoms with Crippen LogP contribution in [0, 0.1) is 5.82 Å². The second-order valence-corrected chi connectivity index (χ2v) is 9.77. The molecule has 0 bridgehead atoms. The van der Waals surface area contributed by atoms with Gasteiger partial charge < -0.3 is 0 Å². The Hall–Kier alpha value is -1.44. The van der Waals surface area contributed by atoms with Crippen LogP contribution < -0.4 is 4.31 Å². The Morgan fingerprint density at radius 3 is 2.75 bits per heavy atom. The monoisotopic (exact) mass is 387 g/mol. The second-order valence-electron chi connectivity index (χ2n) is 5.60. The molecule has 2 aromatic rings. The van der Waals surface area contributed by atoms with Gasteiger partial charge in [-0.2, -0.15) is 0 Å². The number of hydrogen-bond donors (Lipinski definition) is 0. The van der Waals surface area contributed by atoms with E-state index in [0.29, 0.717) is 10.6 Å². The first kappa shape index (κ1) is 17.4. The zero-order chi connectivity index (χ0) is 17.5. The van der Waals surface area contributed by atoms with E-state index in [1.807, 2.05) is 0 Å². The lowest BCUT2D eigenvalue weighted by molar-refractivity contribution is 0.580. The van der Waals surface area contributed by atoms with Crippen LogP contribution in [-0.2, 0) is 26.6 Å². The van der Waals surface area contributed by atoms with E-state index in [1.165, 1.54) is 16.4 Å². The summed E-state index contributed by atoms with van der Waals surface area (Å²) < 4.78 is 53.2. The van der Waals surface area contributed by atoms with Crippen molar-refractivity contribution in [2.45, 2.75) is 22.8 Å². The summed E-state index contributed by atoms with van der Waals surface area (Å²) in [7, 11) is -5.12. The van der Waals surface area contributed by atoms with Crippen molar-refractivity contribution in [1.82, 2.24) is 0 Å². The van der Waals surface area contributed by atoms with E-state index in [1.54, 1.807) is 31.2 Å². The summed E-state index contributed by atoms with van der Waals surface area (Å²) in [4.78, 5) is 0.478. The molecule has 0 aliphatic carbocycles. The number of benzene rings is 2. The third kappa shape index (κ3) is 3.20. The third-order valence-corrected chi connectivity index (χ3v) is 7.41. The first-order valence-electron chi connectivity index (χ1n) is 7.23. The number of sulfonamides is 1. The van der Waals surface area contributed by atoms with Crippen LogP contribution in [0.2, 0.25) is 5.02 Å². The van der Waals surface area contributed by atoms with E-state index in [-0.39, 0.29) is 22.4 Å². The highest BCUT2D eigenvalue weighted by Gasteiger charge is 2.34. The zero-order valence-electron chi connectivity index (χ0n) is 12.8. The highest BCUT2D eigenvalue weighted by atomic mass is 35.5. The maximum absolute atomic E-state index is 13.9. The first-order chi connectivity index (χ1) is 11.3. The number of nitrogens with zero attached hydrogens (tertiary/aromatic N) is 1. The SMILES string of the molecule is C[C@H]1CN(S(=O)(=O)Cc2cc(Cl)ccc2F)c2ccccc2[S@]1=O. The average Bonchev–Trinajstić information content (AvgIpc) is 2.54. The van der Waals surface area contributed by atoms with Crippen molar-refractivity contribution < 1.29 is 17.0 Å². The zero-order valence-corrected chi connectivity index (χ0v) is 15.2. The van der Waals surface area contributed by atoms with Gasteiger partial charge in [0.1, 0.15) is 5.82 Å². The fraction of sp³-hybridized carbons (Fsp3) is 0.250. The molecular weight excluding hydrogens is 373 g/mol. The molecule has 0 aromatic heterocycles. The van der Waals surface area contributed by atoms with E-state index < -0.39 is 32.4 Å². The quantitative estimate of drug-likeness (QED) is 0.811. The third-order valence-electron chi connectivity index (χ3n) is 3.82. The molecule has 1 aliphatic rings. The molecule has 8 heteroatoms. The molecule has 128 valence electrons. The van der Waals surface area contributed by atoms with E-state index in [9.17, 15) is 17.0 Å². The molecule has 2 aromatic carbocycles. The van der Waals surface area contributed by atoms with Gasteiger partial charge in [-0.1, -0.05) is 23.7 Å². The van der Waals surface area contributed by atoms with Crippen molar-refractivity contribution in [3.63, 3.8) is 0 Å². The van der Waals surface area contributed by atoms with Crippen LogP contribution in [0.25, 0.3) is 0 Å². The van der Waals surface area contributed by atoms with Crippen molar-refractivity contribution in [3.05, 3.63) is 58.9 Å². The van der Waals surface area contributed by atoms with Gasteiger partial charge in [-0.05, 0) is 37.3 Å². The molecule has 24 heavy (non-hydrogen) atoms. The lowest BCUT2D eigenvalue weighted by Crippen LogP contribution is -2.42. The Morgan fingerprint density at radius 1 is 1.29 bits per heavy atom. The topological polar surface area (TPSA) is 54.5 Å². The van der Waals surface area contributed by atoms with Gasteiger partial charge in [0.15, 0.2) is 0 Å². The van der Waals surface area contributed by atoms with E-state index >= 15 is 0 Å². The number of rotatable bonds is 3. The highest BCUT2D eigenvalue weighted by molar-refractivity contribution is 7.92. The van der Waals surface area contributed by atoms with Crippen LogP contribution in [-0.4, -0.2) is 24.4 Å². The molecule has 0 saturated heterocycles. The lowest BCUT2D eigenvalue weighted by Gasteiger charge is -2.33. The van der Waals surface area contributed by atoms with Gasteiger partial charge in [-0.15, -0.1) is 0 Å². The van der Waals surface area contributed by atoms with Crippen molar-refractivity contribution >= 4 is 38.1 Å². The second kappa shape index (κ2) is 6.46. The van der Waals surface area contributed by atoms with E-state index in [0.717, 1.165) is 6.07 Å². The molecule has 0 N–H and O–H groups in total. The first-order valence-corrected chi connectivity index (χ1v) is 10.4. The van der Waals surface area contributed by atoms with Gasteiger partial charge >= 0.3 is 0 Å². The fourth-order valence-corrected chi connectivity index (χ4v) is 5.98. The predicted octanol–water partition coefficient (Wildman–Crippen LogP) is 3.33. The van der Waals surface area contributed by atoms with Crippen molar-refractivity contribution in [2.75, 3.05) is 10.8 Å². The minimum atomic E-state index is -3.85. The average molecular weight is 388 g/mol. The van der Waals surface area contributed by atoms with Gasteiger partial charge in [-0.25, -0.2) is 12.8 Å². The van der Waals surface area contributed by atoms with Crippen LogP contribution in [0.3, 0.4) is 0 Å². The summed E-state index contributed by atoms with van der Waals surface area (Å²) in [6.45, 7) is 1.82. The van der Waals surface area contributed by atoms with Crippen LogP contribution in [0.1, 0.15) is 12.5 Å². The van der Waals surface area contributed by atoms with Crippen LogP contribution >= 0.6 is 11.6 Å². The Kier molecular flexibility index (Phi) is 4.68. The number of anilines is 1. The summed E-state index contributed by atoms with van der Waals surface area (Å²) in [6.07, 6.45) is 0. The fourth-order valence-electron chi connectivity index (χ4n) is 2.64. The standard InChI is InChI=1S/C16H15ClFNO3S2/c1-11-9-19(15-4-2-3-5-16(15)23(11)20)24(21,22)10-12-8-13(17)6-7-14(12)18/h2-8,11H,9-10H2,1H3/t11-,23-/m0/s1. The molecule has 0 saturated carbocycles. The van der Waals surface area contributed by atoms with E-state index in [4.69, 9.17) is 11.6 Å². The molecule has 2 atom stereocenters. The summed E-state index contributed by atoms with van der Waals surface area (Å²) in [5.41, 5.74) is 0.399. The van der Waals surface area contributed by atoms with Crippen molar-refractivity contribution in [1.29, 1.82) is 0 Å². The Balaban J connectivity index is 2.02. The molecular formula is C16H15ClFNO3S2. The van der Waals surface area contributed by atoms with Crippen LogP contribution in [0.5, 0.6) is 0 Å². The molecule has 4 nitrogen and oxygen atoms in total. The predicted molar refractivity (Wildman–Crippen MR) is 93.7 cm³/mol. The largest absolute Gasteiger partial charge is 0.268 e. The molecule has 0 amide bonds. The molecule has 0 fully saturated rings. The highest BCUT2D eigenvalue weighted by Crippen LogP contribution is 2.34. The number of hydrogen-bond acceptors (Lipinski definition) is 3. The number of para-hydroxylation sites is 1. The summed E-state index contributed by atoms with van der Waals surface area (Å²) >= 11 is 5.84. The van der Waals surface area contributed by atoms with Crippen molar-refractivity contribution in [2.24, 2.45) is 0 Å². The van der Waals surface area contributed by atoms with Gasteiger partial charge in [-0.3, -0.25) is 8.51 Å². The molecule has 3 rings (SSSR count). The number of halogens is 2. The van der Waals surface area contributed by atoms with E-state index in [2.05, 4.69) is 0 Å². The Bertz CT molecular complexity index is 917. The van der Waals surface area contributed by atoms with Gasteiger partial charge in [0.2, 0.25) is 10.0 Å². The molecule has 0 spiro atoms. The summed E-state index contributed by atoms with van der Waals surface area (Å²) in [5.74, 6) is -1.13.